The first-order valence-corrected chi connectivity index (χ1v) is 5.93. The van der Waals surface area contributed by atoms with Gasteiger partial charge in [0.15, 0.2) is 0 Å². The maximum atomic E-state index is 5.52. The number of benzene rings is 1. The molecule has 0 radical (unpaired) electrons. The number of hydrogen-bond donors (Lipinski definition) is 0. The Balaban J connectivity index is 1.68. The lowest BCUT2D eigenvalue weighted by atomic mass is 10.3. The summed E-state index contributed by atoms with van der Waals surface area (Å²) in [6, 6.07) is 7.60. The Morgan fingerprint density at radius 3 is 2.35 bits per heavy atom. The largest absolute Gasteiger partial charge is 0.491 e. The summed E-state index contributed by atoms with van der Waals surface area (Å²) in [5.74, 6) is 1.68. The normalized spacial score (nSPS) is 17.8. The second-order valence-electron chi connectivity index (χ2n) is 3.78. The Hall–Kier alpha value is -1.26. The van der Waals surface area contributed by atoms with E-state index in [1.807, 2.05) is 31.2 Å². The lowest BCUT2D eigenvalue weighted by Crippen LogP contribution is -2.06. The summed E-state index contributed by atoms with van der Waals surface area (Å²) in [6.45, 7) is 5.33. The molecule has 0 amide bonds. The van der Waals surface area contributed by atoms with Crippen molar-refractivity contribution in [1.29, 1.82) is 0 Å². The molecule has 94 valence electrons. The van der Waals surface area contributed by atoms with E-state index in [9.17, 15) is 0 Å². The van der Waals surface area contributed by atoms with Gasteiger partial charge in [-0.1, -0.05) is 0 Å². The molecule has 1 atom stereocenters. The maximum Gasteiger partial charge on any atom is 0.119 e. The summed E-state index contributed by atoms with van der Waals surface area (Å²) < 4.78 is 21.3. The molecule has 1 heterocycles. The zero-order valence-corrected chi connectivity index (χ0v) is 10.1. The number of ether oxygens (including phenoxy) is 4. The summed E-state index contributed by atoms with van der Waals surface area (Å²) >= 11 is 0. The molecule has 0 bridgehead atoms. The van der Waals surface area contributed by atoms with Crippen LogP contribution >= 0.6 is 0 Å². The smallest absolute Gasteiger partial charge is 0.119 e. The SMILES string of the molecule is CCOCCOc1ccc(OC[C@@H]2CO2)cc1. The number of rotatable bonds is 8. The van der Waals surface area contributed by atoms with Crippen molar-refractivity contribution in [2.24, 2.45) is 0 Å². The van der Waals surface area contributed by atoms with Gasteiger partial charge >= 0.3 is 0 Å². The van der Waals surface area contributed by atoms with Gasteiger partial charge in [-0.15, -0.1) is 0 Å². The van der Waals surface area contributed by atoms with Gasteiger partial charge in [-0.2, -0.15) is 0 Å². The van der Waals surface area contributed by atoms with E-state index >= 15 is 0 Å². The van der Waals surface area contributed by atoms with Gasteiger partial charge in [0.2, 0.25) is 0 Å². The fourth-order valence-electron chi connectivity index (χ4n) is 1.35. The van der Waals surface area contributed by atoms with E-state index in [0.29, 0.717) is 19.8 Å². The predicted octanol–water partition coefficient (Wildman–Crippen LogP) is 1.88. The van der Waals surface area contributed by atoms with E-state index in [4.69, 9.17) is 18.9 Å². The summed E-state index contributed by atoms with van der Waals surface area (Å²) in [7, 11) is 0. The number of epoxide rings is 1. The molecule has 1 aliphatic rings. The van der Waals surface area contributed by atoms with E-state index in [1.165, 1.54) is 0 Å². The van der Waals surface area contributed by atoms with Gasteiger partial charge in [0.25, 0.3) is 0 Å². The van der Waals surface area contributed by atoms with E-state index < -0.39 is 0 Å². The highest BCUT2D eigenvalue weighted by molar-refractivity contribution is 5.31. The second kappa shape index (κ2) is 6.47. The van der Waals surface area contributed by atoms with Gasteiger partial charge in [0, 0.05) is 6.61 Å². The van der Waals surface area contributed by atoms with Crippen LogP contribution in [0.1, 0.15) is 6.92 Å². The van der Waals surface area contributed by atoms with Gasteiger partial charge < -0.3 is 18.9 Å². The minimum atomic E-state index is 0.289. The molecule has 4 nitrogen and oxygen atoms in total. The van der Waals surface area contributed by atoms with E-state index in [0.717, 1.165) is 24.7 Å². The fraction of sp³-hybridized carbons (Fsp3) is 0.538. The summed E-state index contributed by atoms with van der Waals surface area (Å²) in [5, 5.41) is 0. The van der Waals surface area contributed by atoms with E-state index in [-0.39, 0.29) is 6.10 Å². The molecule has 1 aliphatic heterocycles. The third-order valence-electron chi connectivity index (χ3n) is 2.36. The van der Waals surface area contributed by atoms with E-state index in [2.05, 4.69) is 0 Å². The van der Waals surface area contributed by atoms with Gasteiger partial charge in [-0.05, 0) is 31.2 Å². The van der Waals surface area contributed by atoms with Crippen LogP contribution in [0.15, 0.2) is 24.3 Å². The van der Waals surface area contributed by atoms with Crippen LogP contribution in [-0.4, -0.2) is 39.1 Å². The molecule has 1 aromatic rings. The third-order valence-corrected chi connectivity index (χ3v) is 2.36. The van der Waals surface area contributed by atoms with Crippen LogP contribution in [0.2, 0.25) is 0 Å². The highest BCUT2D eigenvalue weighted by Gasteiger charge is 2.22. The number of hydrogen-bond acceptors (Lipinski definition) is 4. The molecule has 1 aromatic carbocycles. The van der Waals surface area contributed by atoms with Crippen LogP contribution in [0.5, 0.6) is 11.5 Å². The topological polar surface area (TPSA) is 40.2 Å². The lowest BCUT2D eigenvalue weighted by Gasteiger charge is -2.08. The minimum absolute atomic E-state index is 0.289. The zero-order chi connectivity index (χ0) is 11.9. The van der Waals surface area contributed by atoms with Crippen LogP contribution in [0.25, 0.3) is 0 Å². The average molecular weight is 238 g/mol. The van der Waals surface area contributed by atoms with Gasteiger partial charge in [-0.25, -0.2) is 0 Å². The molecule has 0 spiro atoms. The Bertz CT molecular complexity index is 319. The quantitative estimate of drug-likeness (QED) is 0.512. The standard InChI is InChI=1S/C13H18O4/c1-2-14-7-8-15-11-3-5-12(6-4-11)16-9-13-10-17-13/h3-6,13H,2,7-10H2,1H3/t13-/m1/s1. The summed E-state index contributed by atoms with van der Waals surface area (Å²) in [5.41, 5.74) is 0. The average Bonchev–Trinajstić information content (AvgIpc) is 3.18. The molecule has 1 fully saturated rings. The Kier molecular flexibility index (Phi) is 4.64. The van der Waals surface area contributed by atoms with Crippen LogP contribution in [0.3, 0.4) is 0 Å². The highest BCUT2D eigenvalue weighted by Crippen LogP contribution is 2.19. The second-order valence-corrected chi connectivity index (χ2v) is 3.78. The van der Waals surface area contributed by atoms with Crippen molar-refractivity contribution in [3.05, 3.63) is 24.3 Å². The van der Waals surface area contributed by atoms with Crippen molar-refractivity contribution in [3.63, 3.8) is 0 Å². The van der Waals surface area contributed by atoms with Crippen molar-refractivity contribution in [3.8, 4) is 11.5 Å². The first-order chi connectivity index (χ1) is 8.38. The third kappa shape index (κ3) is 4.63. The molecule has 0 aromatic heterocycles. The van der Waals surface area contributed by atoms with Crippen LogP contribution in [0.4, 0.5) is 0 Å². The van der Waals surface area contributed by atoms with Crippen LogP contribution in [0, 0.1) is 0 Å². The molecule has 0 aliphatic carbocycles. The molecule has 0 saturated carbocycles. The molecule has 2 rings (SSSR count). The highest BCUT2D eigenvalue weighted by atomic mass is 16.6. The van der Waals surface area contributed by atoms with E-state index in [1.54, 1.807) is 0 Å². The lowest BCUT2D eigenvalue weighted by molar-refractivity contribution is 0.110. The summed E-state index contributed by atoms with van der Waals surface area (Å²) in [6.07, 6.45) is 0.289. The fourth-order valence-corrected chi connectivity index (χ4v) is 1.35. The molecule has 0 N–H and O–H groups in total. The van der Waals surface area contributed by atoms with Crippen LogP contribution in [-0.2, 0) is 9.47 Å². The molecule has 17 heavy (non-hydrogen) atoms. The van der Waals surface area contributed by atoms with Gasteiger partial charge in [-0.3, -0.25) is 0 Å². The Labute approximate surface area is 101 Å². The molecular formula is C13H18O4. The van der Waals surface area contributed by atoms with Crippen molar-refractivity contribution >= 4 is 0 Å². The molecular weight excluding hydrogens is 220 g/mol. The first-order valence-electron chi connectivity index (χ1n) is 5.93. The van der Waals surface area contributed by atoms with Crippen molar-refractivity contribution in [1.82, 2.24) is 0 Å². The van der Waals surface area contributed by atoms with Crippen LogP contribution < -0.4 is 9.47 Å². The summed E-state index contributed by atoms with van der Waals surface area (Å²) in [4.78, 5) is 0. The molecule has 0 unspecified atom stereocenters. The zero-order valence-electron chi connectivity index (χ0n) is 10.1. The maximum absolute atomic E-state index is 5.52. The monoisotopic (exact) mass is 238 g/mol. The Morgan fingerprint density at radius 1 is 1.12 bits per heavy atom. The molecule has 1 saturated heterocycles. The van der Waals surface area contributed by atoms with Gasteiger partial charge in [0.05, 0.1) is 13.2 Å². The minimum Gasteiger partial charge on any atom is -0.491 e. The predicted molar refractivity (Wildman–Crippen MR) is 63.7 cm³/mol. The van der Waals surface area contributed by atoms with Crippen molar-refractivity contribution < 1.29 is 18.9 Å². The van der Waals surface area contributed by atoms with Crippen molar-refractivity contribution in [2.75, 3.05) is 33.0 Å². The van der Waals surface area contributed by atoms with Gasteiger partial charge in [0.1, 0.15) is 30.8 Å². The first kappa shape index (κ1) is 12.2. The Morgan fingerprint density at radius 2 is 1.76 bits per heavy atom. The molecule has 4 heteroatoms. The van der Waals surface area contributed by atoms with Crippen molar-refractivity contribution in [2.45, 2.75) is 13.0 Å².